The Morgan fingerprint density at radius 1 is 1.30 bits per heavy atom. The Hall–Kier alpha value is -1.00. The Balaban J connectivity index is 2.15. The first-order chi connectivity index (χ1) is 9.65. The van der Waals surface area contributed by atoms with Crippen molar-refractivity contribution in [2.75, 3.05) is 19.6 Å². The highest BCUT2D eigenvalue weighted by Crippen LogP contribution is 2.28. The lowest BCUT2D eigenvalue weighted by Gasteiger charge is -2.30. The molecule has 1 aromatic carbocycles. The van der Waals surface area contributed by atoms with Crippen LogP contribution in [0.5, 0.6) is 0 Å². The molecule has 1 heterocycles. The largest absolute Gasteiger partial charge is 0.329 e. The van der Waals surface area contributed by atoms with E-state index in [0.29, 0.717) is 12.1 Å². The first-order valence-corrected chi connectivity index (χ1v) is 7.54. The summed E-state index contributed by atoms with van der Waals surface area (Å²) in [6, 6.07) is 3.65. The minimum atomic E-state index is -0.538. The normalized spacial score (nSPS) is 22.5. The van der Waals surface area contributed by atoms with Crippen LogP contribution in [0.15, 0.2) is 18.2 Å². The van der Waals surface area contributed by atoms with Crippen molar-refractivity contribution in [3.8, 4) is 0 Å². The van der Waals surface area contributed by atoms with Crippen LogP contribution in [0, 0.1) is 17.6 Å². The van der Waals surface area contributed by atoms with E-state index in [2.05, 4.69) is 11.8 Å². The third-order valence-electron chi connectivity index (χ3n) is 4.45. The third kappa shape index (κ3) is 3.55. The zero-order valence-corrected chi connectivity index (χ0v) is 12.1. The number of nitrogens with zero attached hydrogens (tertiary/aromatic N) is 1. The summed E-state index contributed by atoms with van der Waals surface area (Å²) in [6.45, 7) is 4.46. The van der Waals surface area contributed by atoms with Gasteiger partial charge in [-0.05, 0) is 44.3 Å². The molecule has 2 N–H and O–H groups in total. The van der Waals surface area contributed by atoms with Crippen LogP contribution >= 0.6 is 0 Å². The lowest BCUT2D eigenvalue weighted by Crippen LogP contribution is -2.35. The molecule has 112 valence electrons. The molecule has 1 fully saturated rings. The van der Waals surface area contributed by atoms with Crippen molar-refractivity contribution in [1.29, 1.82) is 0 Å². The summed E-state index contributed by atoms with van der Waals surface area (Å²) in [5, 5.41) is 0. The molecule has 1 aromatic rings. The SMILES string of the molecule is CCC1CCCN(C(CN)c2ccc(F)cc2F)CC1. The van der Waals surface area contributed by atoms with Crippen LogP contribution in [0.1, 0.15) is 44.2 Å². The predicted octanol–water partition coefficient (Wildman–Crippen LogP) is 3.48. The van der Waals surface area contributed by atoms with Gasteiger partial charge < -0.3 is 5.73 Å². The number of likely N-dealkylation sites (tertiary alicyclic amines) is 1. The Morgan fingerprint density at radius 2 is 2.10 bits per heavy atom. The van der Waals surface area contributed by atoms with Gasteiger partial charge >= 0.3 is 0 Å². The van der Waals surface area contributed by atoms with Crippen molar-refractivity contribution < 1.29 is 8.78 Å². The van der Waals surface area contributed by atoms with E-state index in [4.69, 9.17) is 5.73 Å². The molecule has 1 saturated heterocycles. The van der Waals surface area contributed by atoms with Gasteiger partial charge in [0, 0.05) is 24.2 Å². The van der Waals surface area contributed by atoms with Crippen molar-refractivity contribution in [2.24, 2.45) is 11.7 Å². The zero-order chi connectivity index (χ0) is 14.5. The maximum absolute atomic E-state index is 14.0. The van der Waals surface area contributed by atoms with E-state index in [1.165, 1.54) is 25.0 Å². The fourth-order valence-corrected chi connectivity index (χ4v) is 3.15. The highest BCUT2D eigenvalue weighted by molar-refractivity contribution is 5.22. The van der Waals surface area contributed by atoms with Gasteiger partial charge in [0.15, 0.2) is 0 Å². The molecular formula is C16H24F2N2. The molecule has 0 spiro atoms. The van der Waals surface area contributed by atoms with Crippen LogP contribution in [0.4, 0.5) is 8.78 Å². The van der Waals surface area contributed by atoms with Crippen LogP contribution in [0.2, 0.25) is 0 Å². The zero-order valence-electron chi connectivity index (χ0n) is 12.1. The molecule has 0 aliphatic carbocycles. The highest BCUT2D eigenvalue weighted by Gasteiger charge is 2.25. The monoisotopic (exact) mass is 282 g/mol. The molecule has 2 rings (SSSR count). The second kappa shape index (κ2) is 7.14. The smallest absolute Gasteiger partial charge is 0.130 e. The Labute approximate surface area is 120 Å². The molecule has 2 atom stereocenters. The molecule has 2 nitrogen and oxygen atoms in total. The second-order valence-corrected chi connectivity index (χ2v) is 5.66. The summed E-state index contributed by atoms with van der Waals surface area (Å²) in [5.74, 6) is -0.267. The average Bonchev–Trinajstić information content (AvgIpc) is 2.67. The van der Waals surface area contributed by atoms with Crippen molar-refractivity contribution in [3.63, 3.8) is 0 Å². The molecule has 1 aliphatic heterocycles. The Morgan fingerprint density at radius 3 is 2.75 bits per heavy atom. The van der Waals surface area contributed by atoms with E-state index in [0.717, 1.165) is 37.9 Å². The van der Waals surface area contributed by atoms with E-state index >= 15 is 0 Å². The third-order valence-corrected chi connectivity index (χ3v) is 4.45. The highest BCUT2D eigenvalue weighted by atomic mass is 19.1. The molecule has 2 unspecified atom stereocenters. The summed E-state index contributed by atoms with van der Waals surface area (Å²) < 4.78 is 27.0. The van der Waals surface area contributed by atoms with Crippen LogP contribution in [0.25, 0.3) is 0 Å². The molecule has 0 amide bonds. The summed E-state index contributed by atoms with van der Waals surface area (Å²) in [6.07, 6.45) is 4.69. The Bertz CT molecular complexity index is 436. The van der Waals surface area contributed by atoms with E-state index in [1.807, 2.05) is 0 Å². The first kappa shape index (κ1) is 15.4. The van der Waals surface area contributed by atoms with Gasteiger partial charge in [0.2, 0.25) is 0 Å². The molecule has 0 aromatic heterocycles. The second-order valence-electron chi connectivity index (χ2n) is 5.66. The predicted molar refractivity (Wildman–Crippen MR) is 77.4 cm³/mol. The van der Waals surface area contributed by atoms with E-state index in [9.17, 15) is 8.78 Å². The summed E-state index contributed by atoms with van der Waals surface area (Å²) in [5.41, 5.74) is 6.38. The van der Waals surface area contributed by atoms with Gasteiger partial charge in [-0.3, -0.25) is 4.90 Å². The maximum atomic E-state index is 14.0. The van der Waals surface area contributed by atoms with Gasteiger partial charge in [0.25, 0.3) is 0 Å². The van der Waals surface area contributed by atoms with Gasteiger partial charge in [-0.1, -0.05) is 19.4 Å². The van der Waals surface area contributed by atoms with Crippen LogP contribution < -0.4 is 5.73 Å². The molecule has 0 radical (unpaired) electrons. The number of hydrogen-bond acceptors (Lipinski definition) is 2. The first-order valence-electron chi connectivity index (χ1n) is 7.54. The van der Waals surface area contributed by atoms with Crippen molar-refractivity contribution in [1.82, 2.24) is 4.90 Å². The summed E-state index contributed by atoms with van der Waals surface area (Å²) >= 11 is 0. The number of hydrogen-bond donors (Lipinski definition) is 1. The van der Waals surface area contributed by atoms with Gasteiger partial charge in [-0.25, -0.2) is 8.78 Å². The van der Waals surface area contributed by atoms with E-state index < -0.39 is 11.6 Å². The quantitative estimate of drug-likeness (QED) is 0.916. The summed E-state index contributed by atoms with van der Waals surface area (Å²) in [4.78, 5) is 2.26. The molecule has 20 heavy (non-hydrogen) atoms. The molecule has 0 bridgehead atoms. The number of halogens is 2. The fourth-order valence-electron chi connectivity index (χ4n) is 3.15. The lowest BCUT2D eigenvalue weighted by atomic mass is 9.98. The van der Waals surface area contributed by atoms with Crippen LogP contribution in [-0.2, 0) is 0 Å². The topological polar surface area (TPSA) is 29.3 Å². The molecule has 0 saturated carbocycles. The van der Waals surface area contributed by atoms with Crippen LogP contribution in [0.3, 0.4) is 0 Å². The minimum absolute atomic E-state index is 0.147. The lowest BCUT2D eigenvalue weighted by molar-refractivity contribution is 0.202. The van der Waals surface area contributed by atoms with E-state index in [-0.39, 0.29) is 6.04 Å². The number of benzene rings is 1. The van der Waals surface area contributed by atoms with Crippen molar-refractivity contribution in [3.05, 3.63) is 35.4 Å². The van der Waals surface area contributed by atoms with Crippen molar-refractivity contribution >= 4 is 0 Å². The number of rotatable bonds is 4. The van der Waals surface area contributed by atoms with Gasteiger partial charge in [-0.15, -0.1) is 0 Å². The fraction of sp³-hybridized carbons (Fsp3) is 0.625. The minimum Gasteiger partial charge on any atom is -0.329 e. The molecular weight excluding hydrogens is 258 g/mol. The maximum Gasteiger partial charge on any atom is 0.130 e. The summed E-state index contributed by atoms with van der Waals surface area (Å²) in [7, 11) is 0. The average molecular weight is 282 g/mol. The molecule has 4 heteroatoms. The van der Waals surface area contributed by atoms with Crippen LogP contribution in [-0.4, -0.2) is 24.5 Å². The number of nitrogens with two attached hydrogens (primary N) is 1. The van der Waals surface area contributed by atoms with Gasteiger partial charge in [0.1, 0.15) is 11.6 Å². The van der Waals surface area contributed by atoms with Crippen molar-refractivity contribution in [2.45, 2.75) is 38.6 Å². The van der Waals surface area contributed by atoms with E-state index in [1.54, 1.807) is 0 Å². The standard InChI is InChI=1S/C16H24F2N2/c1-2-12-4-3-8-20(9-7-12)16(11-19)14-6-5-13(17)10-15(14)18/h5-6,10,12,16H,2-4,7-9,11,19H2,1H3. The molecule has 1 aliphatic rings. The van der Waals surface area contributed by atoms with Gasteiger partial charge in [0.05, 0.1) is 0 Å². The van der Waals surface area contributed by atoms with Gasteiger partial charge in [-0.2, -0.15) is 0 Å². The Kier molecular flexibility index (Phi) is 5.49.